The van der Waals surface area contributed by atoms with Crippen molar-refractivity contribution in [2.75, 3.05) is 26.3 Å². The maximum absolute atomic E-state index is 12.6. The molecule has 3 rings (SSSR count). The molecule has 0 unspecified atom stereocenters. The molecule has 0 amide bonds. The van der Waals surface area contributed by atoms with E-state index < -0.39 is 22.1 Å². The molecule has 1 aliphatic rings. The van der Waals surface area contributed by atoms with Gasteiger partial charge < -0.3 is 9.47 Å². The van der Waals surface area contributed by atoms with Gasteiger partial charge in [-0.25, -0.2) is 13.2 Å². The van der Waals surface area contributed by atoms with Crippen LogP contribution < -0.4 is 0 Å². The summed E-state index contributed by atoms with van der Waals surface area (Å²) in [6.07, 6.45) is -0.394. The van der Waals surface area contributed by atoms with Gasteiger partial charge in [0.25, 0.3) is 0 Å². The molecule has 0 aromatic heterocycles. The average Bonchev–Trinajstić information content (AvgIpc) is 2.69. The van der Waals surface area contributed by atoms with Crippen molar-refractivity contribution in [1.29, 1.82) is 0 Å². The second-order valence-electron chi connectivity index (χ2n) is 6.50. The fourth-order valence-corrected chi connectivity index (χ4v) is 4.24. The highest BCUT2D eigenvalue weighted by Gasteiger charge is 2.26. The van der Waals surface area contributed by atoms with E-state index in [-0.39, 0.29) is 4.90 Å². The van der Waals surface area contributed by atoms with E-state index in [1.165, 1.54) is 28.6 Å². The van der Waals surface area contributed by atoms with Gasteiger partial charge >= 0.3 is 5.97 Å². The summed E-state index contributed by atoms with van der Waals surface area (Å²) < 4.78 is 37.3. The molecule has 7 heteroatoms. The van der Waals surface area contributed by atoms with Crippen LogP contribution in [0.25, 0.3) is 0 Å². The normalized spacial score (nSPS) is 16.7. The number of carbonyl (C=O) groups is 1. The number of hydrogen-bond donors (Lipinski definition) is 0. The molecular formula is C20H23NO5S. The molecule has 0 saturated carbocycles. The van der Waals surface area contributed by atoms with Gasteiger partial charge in [0.05, 0.1) is 23.7 Å². The smallest absolute Gasteiger partial charge is 0.338 e. The van der Waals surface area contributed by atoms with Crippen molar-refractivity contribution in [3.8, 4) is 0 Å². The number of carbonyl (C=O) groups excluding carboxylic acids is 1. The molecule has 0 N–H and O–H groups in total. The zero-order valence-electron chi connectivity index (χ0n) is 15.4. The first-order valence-corrected chi connectivity index (χ1v) is 10.3. The number of rotatable bonds is 5. The topological polar surface area (TPSA) is 72.9 Å². The van der Waals surface area contributed by atoms with Crippen molar-refractivity contribution in [2.24, 2.45) is 0 Å². The zero-order valence-corrected chi connectivity index (χ0v) is 16.2. The van der Waals surface area contributed by atoms with Crippen LogP contribution in [0.4, 0.5) is 0 Å². The molecule has 1 fully saturated rings. The molecule has 0 aliphatic carbocycles. The summed E-state index contributed by atoms with van der Waals surface area (Å²) in [5.74, 6) is -0.488. The van der Waals surface area contributed by atoms with Crippen LogP contribution in [0, 0.1) is 6.92 Å². The maximum Gasteiger partial charge on any atom is 0.338 e. The number of esters is 1. The first-order chi connectivity index (χ1) is 12.9. The first kappa shape index (κ1) is 19.5. The number of benzene rings is 2. The minimum atomic E-state index is -3.57. The summed E-state index contributed by atoms with van der Waals surface area (Å²) in [4.78, 5) is 12.5. The van der Waals surface area contributed by atoms with Gasteiger partial charge in [0.2, 0.25) is 10.0 Å². The van der Waals surface area contributed by atoms with Crippen LogP contribution in [-0.2, 0) is 19.5 Å². The number of nitrogens with zero attached hydrogens (tertiary/aromatic N) is 1. The van der Waals surface area contributed by atoms with E-state index in [9.17, 15) is 13.2 Å². The zero-order chi connectivity index (χ0) is 19.4. The Bertz CT molecular complexity index is 885. The Hall–Kier alpha value is -2.22. The lowest BCUT2D eigenvalue weighted by Crippen LogP contribution is -2.40. The van der Waals surface area contributed by atoms with Gasteiger partial charge in [0, 0.05) is 13.1 Å². The summed E-state index contributed by atoms with van der Waals surface area (Å²) in [5, 5.41) is 0. The van der Waals surface area contributed by atoms with Crippen LogP contribution in [0.2, 0.25) is 0 Å². The van der Waals surface area contributed by atoms with Crippen molar-refractivity contribution in [3.05, 3.63) is 65.2 Å². The molecule has 2 aromatic carbocycles. The third-order valence-corrected chi connectivity index (χ3v) is 6.44. The Labute approximate surface area is 159 Å². The standard InChI is InChI=1S/C20H23NO5S/c1-15-3-5-17(6-4-15)16(2)26-20(22)18-7-9-19(10-8-18)27(23,24)21-11-13-25-14-12-21/h3-10,16H,11-14H2,1-2H3/t16-/m0/s1. The third kappa shape index (κ3) is 4.55. The molecule has 27 heavy (non-hydrogen) atoms. The molecule has 0 spiro atoms. The van der Waals surface area contributed by atoms with E-state index in [1.807, 2.05) is 31.2 Å². The van der Waals surface area contributed by atoms with Crippen LogP contribution in [-0.4, -0.2) is 45.0 Å². The molecule has 6 nitrogen and oxygen atoms in total. The van der Waals surface area contributed by atoms with Crippen molar-refractivity contribution >= 4 is 16.0 Å². The van der Waals surface area contributed by atoms with E-state index in [4.69, 9.17) is 9.47 Å². The second-order valence-corrected chi connectivity index (χ2v) is 8.44. The Morgan fingerprint density at radius 3 is 2.22 bits per heavy atom. The van der Waals surface area contributed by atoms with Gasteiger partial charge in [0.1, 0.15) is 6.10 Å². The maximum atomic E-state index is 12.6. The summed E-state index contributed by atoms with van der Waals surface area (Å²) >= 11 is 0. The average molecular weight is 389 g/mol. The number of morpholine rings is 1. The van der Waals surface area contributed by atoms with Gasteiger partial charge in [-0.15, -0.1) is 0 Å². The second kappa shape index (κ2) is 8.21. The number of hydrogen-bond acceptors (Lipinski definition) is 5. The van der Waals surface area contributed by atoms with E-state index in [2.05, 4.69) is 0 Å². The molecule has 0 bridgehead atoms. The van der Waals surface area contributed by atoms with Crippen molar-refractivity contribution in [1.82, 2.24) is 4.31 Å². The SMILES string of the molecule is Cc1ccc([C@H](C)OC(=O)c2ccc(S(=O)(=O)N3CCOCC3)cc2)cc1. The highest BCUT2D eigenvalue weighted by molar-refractivity contribution is 7.89. The molecule has 1 aliphatic heterocycles. The fourth-order valence-electron chi connectivity index (χ4n) is 2.83. The van der Waals surface area contributed by atoms with Gasteiger partial charge in [-0.3, -0.25) is 0 Å². The monoisotopic (exact) mass is 389 g/mol. The lowest BCUT2D eigenvalue weighted by Gasteiger charge is -2.26. The van der Waals surface area contributed by atoms with E-state index >= 15 is 0 Å². The predicted octanol–water partition coefficient (Wildman–Crippen LogP) is 2.93. The minimum absolute atomic E-state index is 0.160. The first-order valence-electron chi connectivity index (χ1n) is 8.83. The quantitative estimate of drug-likeness (QED) is 0.735. The minimum Gasteiger partial charge on any atom is -0.454 e. The molecule has 1 saturated heterocycles. The van der Waals surface area contributed by atoms with Crippen LogP contribution in [0.3, 0.4) is 0 Å². The largest absolute Gasteiger partial charge is 0.454 e. The van der Waals surface area contributed by atoms with Crippen molar-refractivity contribution < 1.29 is 22.7 Å². The number of aryl methyl sites for hydroxylation is 1. The Balaban J connectivity index is 1.69. The van der Waals surface area contributed by atoms with Crippen LogP contribution >= 0.6 is 0 Å². The van der Waals surface area contributed by atoms with Gasteiger partial charge in [-0.1, -0.05) is 29.8 Å². The molecular weight excluding hydrogens is 366 g/mol. The molecule has 1 heterocycles. The van der Waals surface area contributed by atoms with Gasteiger partial charge in [-0.2, -0.15) is 4.31 Å². The van der Waals surface area contributed by atoms with Crippen LogP contribution in [0.5, 0.6) is 0 Å². The summed E-state index contributed by atoms with van der Waals surface area (Å²) in [6.45, 7) is 5.24. The van der Waals surface area contributed by atoms with Gasteiger partial charge in [0.15, 0.2) is 0 Å². The highest BCUT2D eigenvalue weighted by atomic mass is 32.2. The molecule has 1 atom stereocenters. The van der Waals surface area contributed by atoms with Crippen LogP contribution in [0.1, 0.15) is 34.5 Å². The Morgan fingerprint density at radius 1 is 1.04 bits per heavy atom. The highest BCUT2D eigenvalue weighted by Crippen LogP contribution is 2.21. The van der Waals surface area contributed by atoms with E-state index in [1.54, 1.807) is 6.92 Å². The van der Waals surface area contributed by atoms with Crippen LogP contribution in [0.15, 0.2) is 53.4 Å². The Kier molecular flexibility index (Phi) is 5.94. The van der Waals surface area contributed by atoms with Crippen molar-refractivity contribution in [3.63, 3.8) is 0 Å². The Morgan fingerprint density at radius 2 is 1.63 bits per heavy atom. The number of sulfonamides is 1. The summed E-state index contributed by atoms with van der Waals surface area (Å²) in [6, 6.07) is 13.6. The molecule has 0 radical (unpaired) electrons. The fraction of sp³-hybridized carbons (Fsp3) is 0.350. The third-order valence-electron chi connectivity index (χ3n) is 4.53. The molecule has 2 aromatic rings. The number of ether oxygens (including phenoxy) is 2. The van der Waals surface area contributed by atoms with E-state index in [0.717, 1.165) is 11.1 Å². The summed E-state index contributed by atoms with van der Waals surface area (Å²) in [7, 11) is -3.57. The molecule has 144 valence electrons. The predicted molar refractivity (Wildman–Crippen MR) is 101 cm³/mol. The lowest BCUT2D eigenvalue weighted by molar-refractivity contribution is 0.0337. The van der Waals surface area contributed by atoms with Gasteiger partial charge in [-0.05, 0) is 43.7 Å². The lowest BCUT2D eigenvalue weighted by atomic mass is 10.1. The van der Waals surface area contributed by atoms with Crippen molar-refractivity contribution in [2.45, 2.75) is 24.8 Å². The van der Waals surface area contributed by atoms with E-state index in [0.29, 0.717) is 31.9 Å². The summed E-state index contributed by atoms with van der Waals surface area (Å²) in [5.41, 5.74) is 2.35.